The molecule has 3 nitrogen and oxygen atoms in total. The van der Waals surface area contributed by atoms with E-state index in [0.29, 0.717) is 0 Å². The first-order valence-corrected chi connectivity index (χ1v) is 7.18. The summed E-state index contributed by atoms with van der Waals surface area (Å²) >= 11 is 0. The van der Waals surface area contributed by atoms with Gasteiger partial charge in [-0.2, -0.15) is 0 Å². The van der Waals surface area contributed by atoms with Crippen LogP contribution in [-0.4, -0.2) is 20.8 Å². The molecule has 19 heavy (non-hydrogen) atoms. The zero-order valence-corrected chi connectivity index (χ0v) is 12.2. The second-order valence-electron chi connectivity index (χ2n) is 5.59. The van der Waals surface area contributed by atoms with Gasteiger partial charge in [-0.15, -0.1) is 0 Å². The lowest BCUT2D eigenvalue weighted by molar-refractivity contribution is 0.293. The Labute approximate surface area is 116 Å². The minimum absolute atomic E-state index is 0.777. The van der Waals surface area contributed by atoms with Gasteiger partial charge in [0.15, 0.2) is 11.5 Å². The Morgan fingerprint density at radius 1 is 1.16 bits per heavy atom. The van der Waals surface area contributed by atoms with Gasteiger partial charge in [-0.25, -0.2) is 0 Å². The van der Waals surface area contributed by atoms with Crippen LogP contribution >= 0.6 is 0 Å². The molecular weight excluding hydrogens is 238 g/mol. The lowest BCUT2D eigenvalue weighted by atomic mass is 9.82. The number of rotatable bonds is 5. The topological polar surface area (TPSA) is 30.5 Å². The molecule has 0 aromatic heterocycles. The number of methoxy groups -OCH3 is 2. The van der Waals surface area contributed by atoms with Gasteiger partial charge < -0.3 is 14.8 Å². The van der Waals surface area contributed by atoms with Crippen molar-refractivity contribution in [3.05, 3.63) is 18.2 Å². The molecule has 1 saturated carbocycles. The van der Waals surface area contributed by atoms with Crippen LogP contribution in [0.3, 0.4) is 0 Å². The lowest BCUT2D eigenvalue weighted by Gasteiger charge is -2.27. The molecule has 0 spiro atoms. The highest BCUT2D eigenvalue weighted by molar-refractivity contribution is 5.54. The standard InChI is InChI=1S/C16H25NO2/c1-12-5-4-6-13(9-12)11-17-14-7-8-15(18-2)16(10-14)19-3/h7-8,10,12-13,17H,4-6,9,11H2,1-3H3. The molecule has 106 valence electrons. The van der Waals surface area contributed by atoms with E-state index in [1.807, 2.05) is 18.2 Å². The monoisotopic (exact) mass is 263 g/mol. The Balaban J connectivity index is 1.92. The quantitative estimate of drug-likeness (QED) is 0.872. The van der Waals surface area contributed by atoms with E-state index in [2.05, 4.69) is 12.2 Å². The average Bonchev–Trinajstić information content (AvgIpc) is 2.45. The molecule has 0 saturated heterocycles. The molecular formula is C16H25NO2. The third kappa shape index (κ3) is 3.79. The minimum atomic E-state index is 0.777. The normalized spacial score (nSPS) is 22.9. The predicted octanol–water partition coefficient (Wildman–Crippen LogP) is 3.94. The molecule has 1 fully saturated rings. The summed E-state index contributed by atoms with van der Waals surface area (Å²) in [6, 6.07) is 6.00. The van der Waals surface area contributed by atoms with Crippen LogP contribution in [0.4, 0.5) is 5.69 Å². The van der Waals surface area contributed by atoms with E-state index in [4.69, 9.17) is 9.47 Å². The number of anilines is 1. The van der Waals surface area contributed by atoms with E-state index in [9.17, 15) is 0 Å². The molecule has 0 aliphatic heterocycles. The number of hydrogen-bond donors (Lipinski definition) is 1. The third-order valence-corrected chi connectivity index (χ3v) is 4.02. The average molecular weight is 263 g/mol. The molecule has 1 aromatic rings. The van der Waals surface area contributed by atoms with E-state index < -0.39 is 0 Å². The largest absolute Gasteiger partial charge is 0.493 e. The predicted molar refractivity (Wildman–Crippen MR) is 79.2 cm³/mol. The second kappa shape index (κ2) is 6.69. The van der Waals surface area contributed by atoms with E-state index in [1.54, 1.807) is 14.2 Å². The summed E-state index contributed by atoms with van der Waals surface area (Å²) in [5, 5.41) is 3.53. The van der Waals surface area contributed by atoms with E-state index in [-0.39, 0.29) is 0 Å². The maximum Gasteiger partial charge on any atom is 0.162 e. The fourth-order valence-electron chi connectivity index (χ4n) is 2.95. The zero-order valence-electron chi connectivity index (χ0n) is 12.2. The fourth-order valence-corrected chi connectivity index (χ4v) is 2.95. The van der Waals surface area contributed by atoms with Gasteiger partial charge in [0.1, 0.15) is 0 Å². The summed E-state index contributed by atoms with van der Waals surface area (Å²) in [4.78, 5) is 0. The summed E-state index contributed by atoms with van der Waals surface area (Å²) in [5.41, 5.74) is 1.11. The molecule has 0 amide bonds. The first-order valence-electron chi connectivity index (χ1n) is 7.18. The maximum absolute atomic E-state index is 5.32. The van der Waals surface area contributed by atoms with Crippen LogP contribution in [-0.2, 0) is 0 Å². The molecule has 0 bridgehead atoms. The molecule has 2 atom stereocenters. The number of nitrogens with one attached hydrogen (secondary N) is 1. The van der Waals surface area contributed by atoms with Gasteiger partial charge in [-0.1, -0.05) is 19.8 Å². The highest BCUT2D eigenvalue weighted by Gasteiger charge is 2.18. The lowest BCUT2D eigenvalue weighted by Crippen LogP contribution is -2.20. The van der Waals surface area contributed by atoms with Crippen molar-refractivity contribution in [1.82, 2.24) is 0 Å². The summed E-state index contributed by atoms with van der Waals surface area (Å²) in [6.45, 7) is 3.42. The van der Waals surface area contributed by atoms with Crippen molar-refractivity contribution >= 4 is 5.69 Å². The van der Waals surface area contributed by atoms with Crippen LogP contribution in [0.5, 0.6) is 11.5 Å². The Hall–Kier alpha value is -1.38. The summed E-state index contributed by atoms with van der Waals surface area (Å²) in [6.07, 6.45) is 5.47. The zero-order chi connectivity index (χ0) is 13.7. The van der Waals surface area contributed by atoms with Crippen LogP contribution in [0.15, 0.2) is 18.2 Å². The van der Waals surface area contributed by atoms with Crippen molar-refractivity contribution in [2.24, 2.45) is 11.8 Å². The summed E-state index contributed by atoms with van der Waals surface area (Å²) < 4.78 is 10.6. The molecule has 1 aromatic carbocycles. The summed E-state index contributed by atoms with van der Waals surface area (Å²) in [7, 11) is 3.33. The van der Waals surface area contributed by atoms with Gasteiger partial charge in [0.2, 0.25) is 0 Å². The molecule has 1 aliphatic carbocycles. The highest BCUT2D eigenvalue weighted by Crippen LogP contribution is 2.31. The number of ether oxygens (including phenoxy) is 2. The van der Waals surface area contributed by atoms with Crippen molar-refractivity contribution in [2.45, 2.75) is 32.6 Å². The van der Waals surface area contributed by atoms with Gasteiger partial charge in [0, 0.05) is 18.3 Å². The smallest absolute Gasteiger partial charge is 0.162 e. The van der Waals surface area contributed by atoms with Crippen LogP contribution in [0, 0.1) is 11.8 Å². The van der Waals surface area contributed by atoms with E-state index in [0.717, 1.165) is 35.6 Å². The molecule has 2 rings (SSSR count). The first kappa shape index (κ1) is 14.0. The first-order chi connectivity index (χ1) is 9.22. The highest BCUT2D eigenvalue weighted by atomic mass is 16.5. The minimum Gasteiger partial charge on any atom is -0.493 e. The van der Waals surface area contributed by atoms with Crippen LogP contribution in [0.25, 0.3) is 0 Å². The van der Waals surface area contributed by atoms with Crippen molar-refractivity contribution in [3.8, 4) is 11.5 Å². The van der Waals surface area contributed by atoms with Crippen LogP contribution in [0.2, 0.25) is 0 Å². The van der Waals surface area contributed by atoms with Gasteiger partial charge in [0.05, 0.1) is 14.2 Å². The Morgan fingerprint density at radius 2 is 1.95 bits per heavy atom. The van der Waals surface area contributed by atoms with Crippen LogP contribution < -0.4 is 14.8 Å². The molecule has 0 heterocycles. The second-order valence-corrected chi connectivity index (χ2v) is 5.59. The maximum atomic E-state index is 5.32. The molecule has 0 radical (unpaired) electrons. The van der Waals surface area contributed by atoms with Crippen molar-refractivity contribution in [3.63, 3.8) is 0 Å². The molecule has 3 heteroatoms. The van der Waals surface area contributed by atoms with E-state index >= 15 is 0 Å². The Kier molecular flexibility index (Phi) is 4.94. The van der Waals surface area contributed by atoms with E-state index in [1.165, 1.54) is 25.7 Å². The van der Waals surface area contributed by atoms with Gasteiger partial charge >= 0.3 is 0 Å². The third-order valence-electron chi connectivity index (χ3n) is 4.02. The van der Waals surface area contributed by atoms with Gasteiger partial charge in [0.25, 0.3) is 0 Å². The Morgan fingerprint density at radius 3 is 2.63 bits per heavy atom. The van der Waals surface area contributed by atoms with Crippen molar-refractivity contribution in [2.75, 3.05) is 26.1 Å². The summed E-state index contributed by atoms with van der Waals surface area (Å²) in [5.74, 6) is 3.24. The Bertz CT molecular complexity index is 406. The molecule has 1 N–H and O–H groups in total. The fraction of sp³-hybridized carbons (Fsp3) is 0.625. The van der Waals surface area contributed by atoms with Crippen molar-refractivity contribution < 1.29 is 9.47 Å². The molecule has 2 unspecified atom stereocenters. The number of hydrogen-bond acceptors (Lipinski definition) is 3. The SMILES string of the molecule is COc1ccc(NCC2CCCC(C)C2)cc1OC. The molecule has 1 aliphatic rings. The van der Waals surface area contributed by atoms with Crippen molar-refractivity contribution in [1.29, 1.82) is 0 Å². The van der Waals surface area contributed by atoms with Gasteiger partial charge in [-0.05, 0) is 36.8 Å². The van der Waals surface area contributed by atoms with Crippen LogP contribution in [0.1, 0.15) is 32.6 Å². The number of benzene rings is 1. The van der Waals surface area contributed by atoms with Gasteiger partial charge in [-0.3, -0.25) is 0 Å².